The van der Waals surface area contributed by atoms with E-state index in [1.807, 2.05) is 38.1 Å². The van der Waals surface area contributed by atoms with Crippen molar-refractivity contribution in [1.29, 1.82) is 0 Å². The first kappa shape index (κ1) is 19.7. The van der Waals surface area contributed by atoms with Crippen molar-refractivity contribution in [1.82, 2.24) is 0 Å². The number of carbonyl (C=O) groups is 1. The monoisotopic (exact) mass is 322 g/mol. The summed E-state index contributed by atoms with van der Waals surface area (Å²) >= 11 is 0. The van der Waals surface area contributed by atoms with Gasteiger partial charge in [-0.2, -0.15) is 0 Å². The summed E-state index contributed by atoms with van der Waals surface area (Å²) < 4.78 is 11.3. The molecule has 1 aromatic rings. The Hall–Kier alpha value is -1.39. The summed E-state index contributed by atoms with van der Waals surface area (Å²) in [6, 6.07) is 7.99. The molecule has 0 amide bonds. The molecule has 2 unspecified atom stereocenters. The molecule has 0 aliphatic heterocycles. The van der Waals surface area contributed by atoms with E-state index < -0.39 is 0 Å². The lowest BCUT2D eigenvalue weighted by Gasteiger charge is -2.31. The number of aryl methyl sites for hydroxylation is 1. The lowest BCUT2D eigenvalue weighted by molar-refractivity contribution is -0.150. The van der Waals surface area contributed by atoms with Crippen LogP contribution in [0.3, 0.4) is 0 Å². The second kappa shape index (κ2) is 9.68. The zero-order valence-electron chi connectivity index (χ0n) is 14.9. The summed E-state index contributed by atoms with van der Waals surface area (Å²) in [6.45, 7) is 10.3. The van der Waals surface area contributed by atoms with Crippen LogP contribution < -0.4 is 0 Å². The van der Waals surface area contributed by atoms with Crippen molar-refractivity contribution in [2.24, 2.45) is 11.8 Å². The lowest BCUT2D eigenvalue weighted by atomic mass is 9.94. The van der Waals surface area contributed by atoms with Gasteiger partial charge >= 0.3 is 5.97 Å². The van der Waals surface area contributed by atoms with Crippen molar-refractivity contribution in [3.63, 3.8) is 0 Å². The summed E-state index contributed by atoms with van der Waals surface area (Å²) in [5.41, 5.74) is 2.12. The smallest absolute Gasteiger partial charge is 0.308 e. The van der Waals surface area contributed by atoms with Crippen LogP contribution in [0.2, 0.25) is 0 Å². The highest BCUT2D eigenvalue weighted by Gasteiger charge is 2.27. The molecule has 130 valence electrons. The van der Waals surface area contributed by atoms with Crippen LogP contribution in [0.4, 0.5) is 0 Å². The van der Waals surface area contributed by atoms with E-state index in [2.05, 4.69) is 13.8 Å². The van der Waals surface area contributed by atoms with Gasteiger partial charge < -0.3 is 14.6 Å². The van der Waals surface area contributed by atoms with Gasteiger partial charge in [0.25, 0.3) is 0 Å². The second-order valence-electron chi connectivity index (χ2n) is 6.41. The lowest BCUT2D eigenvalue weighted by Crippen LogP contribution is -2.32. The number of carbonyl (C=O) groups excluding carboxylic acids is 1. The zero-order chi connectivity index (χ0) is 17.4. The van der Waals surface area contributed by atoms with Crippen LogP contribution in [0.25, 0.3) is 0 Å². The fourth-order valence-corrected chi connectivity index (χ4v) is 2.64. The Labute approximate surface area is 139 Å². The maximum atomic E-state index is 11.9. The Balaban J connectivity index is 2.97. The van der Waals surface area contributed by atoms with Gasteiger partial charge in [-0.05, 0) is 25.3 Å². The largest absolute Gasteiger partial charge is 0.466 e. The SMILES string of the molecule is CCOC(=O)C[C@H](OC(C(C)C)C(C)CO)c1ccc(C)cc1. The number of aliphatic hydroxyl groups excluding tert-OH is 1. The summed E-state index contributed by atoms with van der Waals surface area (Å²) in [6.07, 6.45) is -0.310. The average molecular weight is 322 g/mol. The van der Waals surface area contributed by atoms with Crippen LogP contribution in [-0.4, -0.2) is 30.4 Å². The first-order valence-electron chi connectivity index (χ1n) is 8.37. The molecule has 0 aromatic heterocycles. The van der Waals surface area contributed by atoms with E-state index in [1.54, 1.807) is 6.92 Å². The molecule has 0 saturated heterocycles. The number of ether oxygens (including phenoxy) is 2. The third-order valence-corrected chi connectivity index (χ3v) is 3.93. The molecule has 0 aliphatic carbocycles. The minimum Gasteiger partial charge on any atom is -0.466 e. The minimum absolute atomic E-state index is 0.00476. The zero-order valence-corrected chi connectivity index (χ0v) is 14.9. The molecule has 3 atom stereocenters. The number of aliphatic hydroxyl groups is 1. The van der Waals surface area contributed by atoms with Gasteiger partial charge in [0.2, 0.25) is 0 Å². The van der Waals surface area contributed by atoms with E-state index in [9.17, 15) is 9.90 Å². The van der Waals surface area contributed by atoms with Crippen LogP contribution in [-0.2, 0) is 14.3 Å². The van der Waals surface area contributed by atoms with E-state index in [1.165, 1.54) is 0 Å². The van der Waals surface area contributed by atoms with Gasteiger partial charge in [-0.1, -0.05) is 50.6 Å². The van der Waals surface area contributed by atoms with Crippen LogP contribution in [0, 0.1) is 18.8 Å². The van der Waals surface area contributed by atoms with Crippen molar-refractivity contribution < 1.29 is 19.4 Å². The molecule has 1 rings (SSSR count). The van der Waals surface area contributed by atoms with Crippen molar-refractivity contribution >= 4 is 5.97 Å². The van der Waals surface area contributed by atoms with Crippen molar-refractivity contribution in [3.05, 3.63) is 35.4 Å². The number of benzene rings is 1. The standard InChI is InChI=1S/C19H30O4/c1-6-22-18(21)11-17(16-9-7-14(4)8-10-16)23-19(13(2)3)15(5)12-20/h7-10,13,15,17,19-20H,6,11-12H2,1-5H3/t15?,17-,19?/m0/s1. The van der Waals surface area contributed by atoms with E-state index in [-0.39, 0.29) is 43.0 Å². The Morgan fingerprint density at radius 2 is 1.78 bits per heavy atom. The molecule has 0 aliphatic rings. The predicted octanol–water partition coefficient (Wildman–Crippen LogP) is 3.66. The Morgan fingerprint density at radius 3 is 2.26 bits per heavy atom. The Morgan fingerprint density at radius 1 is 1.17 bits per heavy atom. The van der Waals surface area contributed by atoms with E-state index in [0.29, 0.717) is 6.61 Å². The van der Waals surface area contributed by atoms with Gasteiger partial charge in [0, 0.05) is 12.5 Å². The van der Waals surface area contributed by atoms with Crippen LogP contribution in [0.15, 0.2) is 24.3 Å². The van der Waals surface area contributed by atoms with Gasteiger partial charge in [0.15, 0.2) is 0 Å². The maximum Gasteiger partial charge on any atom is 0.308 e. The normalized spacial score (nSPS) is 15.3. The van der Waals surface area contributed by atoms with Gasteiger partial charge in [0.05, 0.1) is 25.2 Å². The third kappa shape index (κ3) is 6.32. The van der Waals surface area contributed by atoms with Crippen LogP contribution in [0.1, 0.15) is 51.3 Å². The second-order valence-corrected chi connectivity index (χ2v) is 6.41. The number of hydrogen-bond acceptors (Lipinski definition) is 4. The van der Waals surface area contributed by atoms with Crippen molar-refractivity contribution in [2.45, 2.75) is 53.2 Å². The highest BCUT2D eigenvalue weighted by molar-refractivity contribution is 5.70. The first-order chi connectivity index (χ1) is 10.9. The fraction of sp³-hybridized carbons (Fsp3) is 0.632. The highest BCUT2D eigenvalue weighted by Crippen LogP contribution is 2.29. The van der Waals surface area contributed by atoms with Gasteiger partial charge in [0.1, 0.15) is 0 Å². The summed E-state index contributed by atoms with van der Waals surface area (Å²) in [5, 5.41) is 9.47. The molecule has 0 spiro atoms. The number of rotatable bonds is 9. The number of esters is 1. The van der Waals surface area contributed by atoms with Gasteiger partial charge in [-0.15, -0.1) is 0 Å². The van der Waals surface area contributed by atoms with Crippen molar-refractivity contribution in [3.8, 4) is 0 Å². The molecule has 0 bridgehead atoms. The summed E-state index contributed by atoms with van der Waals surface area (Å²) in [7, 11) is 0. The average Bonchev–Trinajstić information content (AvgIpc) is 2.51. The number of hydrogen-bond donors (Lipinski definition) is 1. The third-order valence-electron chi connectivity index (χ3n) is 3.93. The molecule has 4 heteroatoms. The molecular formula is C19H30O4. The minimum atomic E-state index is -0.365. The van der Waals surface area contributed by atoms with Crippen LogP contribution >= 0.6 is 0 Å². The Kier molecular flexibility index (Phi) is 8.28. The van der Waals surface area contributed by atoms with E-state index in [0.717, 1.165) is 11.1 Å². The van der Waals surface area contributed by atoms with E-state index >= 15 is 0 Å². The molecule has 1 aromatic carbocycles. The molecular weight excluding hydrogens is 292 g/mol. The van der Waals surface area contributed by atoms with E-state index in [4.69, 9.17) is 9.47 Å². The molecule has 23 heavy (non-hydrogen) atoms. The summed E-state index contributed by atoms with van der Waals surface area (Å²) in [5.74, 6) is -0.0188. The van der Waals surface area contributed by atoms with Gasteiger partial charge in [-0.25, -0.2) is 0 Å². The Bertz CT molecular complexity index is 467. The predicted molar refractivity (Wildman–Crippen MR) is 91.1 cm³/mol. The molecule has 4 nitrogen and oxygen atoms in total. The molecule has 0 saturated carbocycles. The summed E-state index contributed by atoms with van der Waals surface area (Å²) in [4.78, 5) is 11.9. The first-order valence-corrected chi connectivity index (χ1v) is 8.37. The highest BCUT2D eigenvalue weighted by atomic mass is 16.5. The maximum absolute atomic E-state index is 11.9. The molecule has 0 heterocycles. The quantitative estimate of drug-likeness (QED) is 0.705. The molecule has 1 N–H and O–H groups in total. The van der Waals surface area contributed by atoms with Crippen LogP contribution in [0.5, 0.6) is 0 Å². The molecule has 0 radical (unpaired) electrons. The topological polar surface area (TPSA) is 55.8 Å². The van der Waals surface area contributed by atoms with Gasteiger partial charge in [-0.3, -0.25) is 4.79 Å². The van der Waals surface area contributed by atoms with Crippen molar-refractivity contribution in [2.75, 3.05) is 13.2 Å². The molecule has 0 fully saturated rings. The fourth-order valence-electron chi connectivity index (χ4n) is 2.64.